The van der Waals surface area contributed by atoms with E-state index in [9.17, 15) is 0 Å². The van der Waals surface area contributed by atoms with Gasteiger partial charge in [-0.25, -0.2) is 9.98 Å². The molecule has 4 heteroatoms. The number of hydrogen-bond acceptors (Lipinski definition) is 4. The molecule has 0 N–H and O–H groups in total. The second-order valence-corrected chi connectivity index (χ2v) is 16.7. The molecule has 2 aliphatic heterocycles. The molecule has 0 aromatic heterocycles. The molecule has 0 bridgehead atoms. The lowest BCUT2D eigenvalue weighted by Crippen LogP contribution is -2.29. The van der Waals surface area contributed by atoms with Gasteiger partial charge in [-0.15, -0.1) is 0 Å². The van der Waals surface area contributed by atoms with Crippen molar-refractivity contribution in [3.05, 3.63) is 70.4 Å². The van der Waals surface area contributed by atoms with Crippen LogP contribution in [-0.4, -0.2) is 0 Å². The number of para-hydroxylation sites is 2. The van der Waals surface area contributed by atoms with Gasteiger partial charge < -0.3 is 0 Å². The minimum atomic E-state index is 0.426. The van der Waals surface area contributed by atoms with Crippen molar-refractivity contribution in [2.45, 2.75) is 138 Å². The van der Waals surface area contributed by atoms with Crippen molar-refractivity contribution in [1.82, 2.24) is 0 Å². The Labute approximate surface area is 263 Å². The summed E-state index contributed by atoms with van der Waals surface area (Å²) >= 11 is 3.87. The molecule has 0 aliphatic carbocycles. The summed E-state index contributed by atoms with van der Waals surface area (Å²) in [4.78, 5) is 16.1. The van der Waals surface area contributed by atoms with E-state index in [1.165, 1.54) is 106 Å². The van der Waals surface area contributed by atoms with Gasteiger partial charge in [0.1, 0.15) is 0 Å². The van der Waals surface area contributed by atoms with Gasteiger partial charge in [-0.3, -0.25) is 0 Å². The van der Waals surface area contributed by atoms with Gasteiger partial charge in [0.05, 0.1) is 22.1 Å². The molecule has 3 aromatic rings. The van der Waals surface area contributed by atoms with E-state index in [4.69, 9.17) is 9.98 Å². The fraction of sp³-hybridized carbons (Fsp3) is 0.526. The standard InChI is InChI=1S/C38H50N2S2/c1-37(2,3)25-17-9-7-11-19-27-33-36(42-32-24-16-13-21-29(32)39-33)28(20-12-8-10-18-26-38(4,5)6)34-35(27)41-31-23-15-14-22-30(31)40-34/h13-16,21-24H,7-12,17-20,25-26H2,1-6H3. The molecule has 0 radical (unpaired) electrons. The molecule has 0 saturated carbocycles. The lowest BCUT2D eigenvalue weighted by Gasteiger charge is -2.24. The van der Waals surface area contributed by atoms with Crippen LogP contribution in [-0.2, 0) is 12.8 Å². The third-order valence-electron chi connectivity index (χ3n) is 8.38. The molecule has 2 nitrogen and oxygen atoms in total. The number of benzene rings is 3. The first-order valence-corrected chi connectivity index (χ1v) is 17.9. The maximum Gasteiger partial charge on any atom is 0.0824 e. The third kappa shape index (κ3) is 8.11. The summed E-state index contributed by atoms with van der Waals surface area (Å²) in [5.41, 5.74) is 5.94. The van der Waals surface area contributed by atoms with E-state index in [-0.39, 0.29) is 0 Å². The highest BCUT2D eigenvalue weighted by Crippen LogP contribution is 2.43. The van der Waals surface area contributed by atoms with Gasteiger partial charge in [0.25, 0.3) is 0 Å². The first-order valence-electron chi connectivity index (χ1n) is 16.3. The Hall–Kier alpha value is -2.04. The van der Waals surface area contributed by atoms with Crippen molar-refractivity contribution < 1.29 is 0 Å². The summed E-state index contributed by atoms with van der Waals surface area (Å²) < 4.78 is 0. The van der Waals surface area contributed by atoms with Gasteiger partial charge >= 0.3 is 0 Å². The highest BCUT2D eigenvalue weighted by molar-refractivity contribution is 8.00. The molecule has 0 spiro atoms. The highest BCUT2D eigenvalue weighted by Gasteiger charge is 2.26. The van der Waals surface area contributed by atoms with Crippen LogP contribution in [0.3, 0.4) is 0 Å². The summed E-state index contributed by atoms with van der Waals surface area (Å²) in [6.07, 6.45) is 15.0. The maximum atomic E-state index is 5.39. The summed E-state index contributed by atoms with van der Waals surface area (Å²) in [5, 5.41) is 2.47. The van der Waals surface area contributed by atoms with Gasteiger partial charge in [0.2, 0.25) is 0 Å². The maximum absolute atomic E-state index is 5.39. The molecule has 224 valence electrons. The van der Waals surface area contributed by atoms with Crippen LogP contribution in [0.25, 0.3) is 0 Å². The van der Waals surface area contributed by atoms with E-state index in [0.29, 0.717) is 10.8 Å². The fourth-order valence-corrected chi connectivity index (χ4v) is 8.39. The largest absolute Gasteiger partial charge is 0.246 e. The van der Waals surface area contributed by atoms with E-state index in [1.54, 1.807) is 0 Å². The SMILES string of the molecule is CC(C)(C)CCCCCCc1c2c(c(CCCCCCC(C)(C)C)c3c1=Nc1ccccc1S3)=Nc1ccccc1S2. The van der Waals surface area contributed by atoms with E-state index < -0.39 is 0 Å². The zero-order chi connectivity index (χ0) is 29.7. The molecule has 0 saturated heterocycles. The van der Waals surface area contributed by atoms with Crippen molar-refractivity contribution in [3.8, 4) is 0 Å². The van der Waals surface area contributed by atoms with Crippen molar-refractivity contribution in [2.75, 3.05) is 0 Å². The zero-order valence-electron chi connectivity index (χ0n) is 26.8. The molecule has 5 rings (SSSR count). The van der Waals surface area contributed by atoms with Gasteiger partial charge in [-0.05, 0) is 84.7 Å². The van der Waals surface area contributed by atoms with Crippen LogP contribution in [0.4, 0.5) is 11.4 Å². The van der Waals surface area contributed by atoms with Gasteiger partial charge in [-0.2, -0.15) is 0 Å². The molecule has 0 amide bonds. The van der Waals surface area contributed by atoms with E-state index in [1.807, 2.05) is 23.5 Å². The number of fused-ring (bicyclic) bond motifs is 4. The number of unbranched alkanes of at least 4 members (excludes halogenated alkanes) is 6. The molecule has 3 aromatic carbocycles. The molecular weight excluding hydrogens is 549 g/mol. The third-order valence-corrected chi connectivity index (χ3v) is 10.8. The normalized spacial score (nSPS) is 13.9. The van der Waals surface area contributed by atoms with Crippen LogP contribution in [0.1, 0.15) is 117 Å². The van der Waals surface area contributed by atoms with Gasteiger partial charge in [-0.1, -0.05) is 128 Å². The van der Waals surface area contributed by atoms with Crippen LogP contribution in [0.5, 0.6) is 0 Å². The number of rotatable bonds is 12. The molecular formula is C38H50N2S2. The molecule has 0 atom stereocenters. The lowest BCUT2D eigenvalue weighted by molar-refractivity contribution is 0.356. The Morgan fingerprint density at radius 3 is 1.29 bits per heavy atom. The van der Waals surface area contributed by atoms with Crippen LogP contribution in [0, 0.1) is 10.8 Å². The summed E-state index contributed by atoms with van der Waals surface area (Å²) in [6, 6.07) is 17.4. The van der Waals surface area contributed by atoms with Crippen molar-refractivity contribution in [3.63, 3.8) is 0 Å². The Balaban J connectivity index is 1.48. The predicted molar refractivity (Wildman–Crippen MR) is 182 cm³/mol. The first-order chi connectivity index (χ1) is 20.1. The first kappa shape index (κ1) is 31.4. The van der Waals surface area contributed by atoms with E-state index in [2.05, 4.69) is 90.1 Å². The summed E-state index contributed by atoms with van der Waals surface area (Å²) in [7, 11) is 0. The van der Waals surface area contributed by atoms with E-state index in [0.717, 1.165) is 24.2 Å². The predicted octanol–water partition coefficient (Wildman–Crippen LogP) is 11.6. The quantitative estimate of drug-likeness (QED) is 0.133. The van der Waals surface area contributed by atoms with Crippen molar-refractivity contribution >= 4 is 34.9 Å². The van der Waals surface area contributed by atoms with E-state index >= 15 is 0 Å². The minimum Gasteiger partial charge on any atom is -0.246 e. The second kappa shape index (κ2) is 13.7. The Kier molecular flexibility index (Phi) is 10.3. The molecule has 42 heavy (non-hydrogen) atoms. The van der Waals surface area contributed by atoms with Crippen molar-refractivity contribution in [1.29, 1.82) is 0 Å². The zero-order valence-corrected chi connectivity index (χ0v) is 28.4. The molecule has 2 heterocycles. The lowest BCUT2D eigenvalue weighted by atomic mass is 9.89. The molecule has 2 aliphatic rings. The Morgan fingerprint density at radius 1 is 0.500 bits per heavy atom. The Morgan fingerprint density at radius 2 is 0.881 bits per heavy atom. The second-order valence-electron chi connectivity index (χ2n) is 14.6. The highest BCUT2D eigenvalue weighted by atomic mass is 32.2. The molecule has 0 fully saturated rings. The van der Waals surface area contributed by atoms with Crippen LogP contribution in [0.2, 0.25) is 0 Å². The summed E-state index contributed by atoms with van der Waals surface area (Å²) in [5.74, 6) is 0. The average Bonchev–Trinajstić information content (AvgIpc) is 2.94. The van der Waals surface area contributed by atoms with Gasteiger partial charge in [0.15, 0.2) is 0 Å². The average molecular weight is 599 g/mol. The fourth-order valence-electron chi connectivity index (χ4n) is 6.05. The minimum absolute atomic E-state index is 0.426. The Bertz CT molecular complexity index is 1390. The van der Waals surface area contributed by atoms with Crippen molar-refractivity contribution in [2.24, 2.45) is 20.8 Å². The topological polar surface area (TPSA) is 24.7 Å². The van der Waals surface area contributed by atoms with Gasteiger partial charge in [0, 0.05) is 19.6 Å². The van der Waals surface area contributed by atoms with Crippen LogP contribution in [0.15, 0.2) is 78.1 Å². The monoisotopic (exact) mass is 598 g/mol. The number of nitrogens with zero attached hydrogens (tertiary/aromatic N) is 2. The molecule has 0 unspecified atom stereocenters. The smallest absolute Gasteiger partial charge is 0.0824 e. The summed E-state index contributed by atoms with van der Waals surface area (Å²) in [6.45, 7) is 14.1. The van der Waals surface area contributed by atoms with Crippen LogP contribution >= 0.6 is 23.5 Å². The van der Waals surface area contributed by atoms with Crippen LogP contribution < -0.4 is 10.7 Å². The number of hydrogen-bond donors (Lipinski definition) is 0.